The molecule has 23 heavy (non-hydrogen) atoms. The highest BCUT2D eigenvalue weighted by Gasteiger charge is 2.50. The topological polar surface area (TPSA) is 21.3 Å². The number of ether oxygens (including phenoxy) is 1. The maximum atomic E-state index is 5.89. The quantitative estimate of drug-likeness (QED) is 0.769. The number of hydrogen-bond acceptors (Lipinski definition) is 2. The molecule has 0 amide bonds. The van der Waals surface area contributed by atoms with Gasteiger partial charge >= 0.3 is 0 Å². The third-order valence-corrected chi connectivity index (χ3v) is 5.68. The van der Waals surface area contributed by atoms with Crippen LogP contribution in [0, 0.1) is 16.7 Å². The van der Waals surface area contributed by atoms with Crippen molar-refractivity contribution in [1.29, 1.82) is 0 Å². The van der Waals surface area contributed by atoms with Crippen LogP contribution in [0.4, 0.5) is 5.69 Å². The SMILES string of the molecule is COC1C(C)C(Nc2ccc(C(C)C)cc2)C(C)(C)CC1(C)C. The van der Waals surface area contributed by atoms with Gasteiger partial charge in [-0.3, -0.25) is 0 Å². The van der Waals surface area contributed by atoms with E-state index in [4.69, 9.17) is 4.74 Å². The summed E-state index contributed by atoms with van der Waals surface area (Å²) in [4.78, 5) is 0. The monoisotopic (exact) mass is 317 g/mol. The van der Waals surface area contributed by atoms with Crippen LogP contribution in [0.2, 0.25) is 0 Å². The van der Waals surface area contributed by atoms with Crippen molar-refractivity contribution < 1.29 is 4.74 Å². The van der Waals surface area contributed by atoms with Crippen LogP contribution in [0.15, 0.2) is 24.3 Å². The Morgan fingerprint density at radius 3 is 2.09 bits per heavy atom. The third kappa shape index (κ3) is 3.74. The van der Waals surface area contributed by atoms with E-state index >= 15 is 0 Å². The Balaban J connectivity index is 2.23. The lowest BCUT2D eigenvalue weighted by Crippen LogP contribution is -2.57. The molecule has 1 aliphatic carbocycles. The normalized spacial score (nSPS) is 29.5. The number of hydrogen-bond donors (Lipinski definition) is 1. The van der Waals surface area contributed by atoms with Crippen molar-refractivity contribution in [2.24, 2.45) is 16.7 Å². The van der Waals surface area contributed by atoms with E-state index in [-0.39, 0.29) is 16.9 Å². The van der Waals surface area contributed by atoms with Gasteiger partial charge < -0.3 is 10.1 Å². The fourth-order valence-corrected chi connectivity index (χ4v) is 4.99. The minimum absolute atomic E-state index is 0.206. The highest BCUT2D eigenvalue weighted by atomic mass is 16.5. The smallest absolute Gasteiger partial charge is 0.0667 e. The third-order valence-electron chi connectivity index (χ3n) is 5.68. The molecule has 0 aromatic heterocycles. The van der Waals surface area contributed by atoms with Gasteiger partial charge in [0.1, 0.15) is 0 Å². The first-order valence-corrected chi connectivity index (χ1v) is 8.98. The molecule has 2 rings (SSSR count). The molecule has 1 aliphatic rings. The molecule has 0 bridgehead atoms. The Labute approximate surface area is 143 Å². The summed E-state index contributed by atoms with van der Waals surface area (Å²) in [6, 6.07) is 9.33. The van der Waals surface area contributed by atoms with Gasteiger partial charge in [-0.2, -0.15) is 0 Å². The molecule has 2 heteroatoms. The van der Waals surface area contributed by atoms with Crippen molar-refractivity contribution in [3.63, 3.8) is 0 Å². The zero-order valence-corrected chi connectivity index (χ0v) is 16.2. The summed E-state index contributed by atoms with van der Waals surface area (Å²) in [5.74, 6) is 1.04. The number of methoxy groups -OCH3 is 1. The number of nitrogens with one attached hydrogen (secondary N) is 1. The van der Waals surface area contributed by atoms with Gasteiger partial charge in [-0.1, -0.05) is 60.6 Å². The molecular weight excluding hydrogens is 282 g/mol. The maximum absolute atomic E-state index is 5.89. The zero-order valence-electron chi connectivity index (χ0n) is 16.2. The molecule has 2 nitrogen and oxygen atoms in total. The minimum Gasteiger partial charge on any atom is -0.381 e. The summed E-state index contributed by atoms with van der Waals surface area (Å²) < 4.78 is 5.89. The number of anilines is 1. The predicted molar refractivity (Wildman–Crippen MR) is 100 cm³/mol. The highest BCUT2D eigenvalue weighted by Crippen LogP contribution is 2.50. The number of benzene rings is 1. The van der Waals surface area contributed by atoms with Gasteiger partial charge in [0.25, 0.3) is 0 Å². The molecule has 1 fully saturated rings. The molecule has 0 heterocycles. The second kappa shape index (κ2) is 6.47. The van der Waals surface area contributed by atoms with Crippen molar-refractivity contribution in [2.75, 3.05) is 12.4 Å². The fourth-order valence-electron chi connectivity index (χ4n) is 4.99. The molecule has 0 aliphatic heterocycles. The Morgan fingerprint density at radius 1 is 1.04 bits per heavy atom. The van der Waals surface area contributed by atoms with E-state index in [9.17, 15) is 0 Å². The van der Waals surface area contributed by atoms with Crippen LogP contribution in [-0.2, 0) is 4.74 Å². The molecule has 1 aromatic rings. The van der Waals surface area contributed by atoms with Gasteiger partial charge in [0, 0.05) is 24.8 Å². The van der Waals surface area contributed by atoms with Crippen LogP contribution >= 0.6 is 0 Å². The molecule has 1 saturated carbocycles. The van der Waals surface area contributed by atoms with Crippen LogP contribution in [-0.4, -0.2) is 19.3 Å². The van der Waals surface area contributed by atoms with Crippen molar-refractivity contribution in [3.05, 3.63) is 29.8 Å². The van der Waals surface area contributed by atoms with E-state index in [1.54, 1.807) is 0 Å². The highest BCUT2D eigenvalue weighted by molar-refractivity contribution is 5.46. The first-order valence-electron chi connectivity index (χ1n) is 8.98. The lowest BCUT2D eigenvalue weighted by Gasteiger charge is -2.54. The van der Waals surface area contributed by atoms with Crippen molar-refractivity contribution in [2.45, 2.75) is 73.0 Å². The molecule has 0 saturated heterocycles. The lowest BCUT2D eigenvalue weighted by molar-refractivity contribution is -0.0985. The van der Waals surface area contributed by atoms with Gasteiger partial charge in [0.05, 0.1) is 6.10 Å². The molecule has 1 N–H and O–H groups in total. The summed E-state index contributed by atoms with van der Waals surface area (Å²) in [5.41, 5.74) is 3.04. The van der Waals surface area contributed by atoms with Crippen LogP contribution < -0.4 is 5.32 Å². The van der Waals surface area contributed by atoms with Gasteiger partial charge in [-0.25, -0.2) is 0 Å². The number of rotatable bonds is 4. The largest absolute Gasteiger partial charge is 0.381 e. The summed E-state index contributed by atoms with van der Waals surface area (Å²) in [5, 5.41) is 3.81. The van der Waals surface area contributed by atoms with Gasteiger partial charge in [-0.15, -0.1) is 0 Å². The van der Waals surface area contributed by atoms with Crippen molar-refractivity contribution >= 4 is 5.69 Å². The first-order chi connectivity index (χ1) is 10.6. The molecule has 1 aromatic carbocycles. The molecule has 3 unspecified atom stereocenters. The van der Waals surface area contributed by atoms with E-state index in [1.165, 1.54) is 11.3 Å². The van der Waals surface area contributed by atoms with Crippen LogP contribution in [0.3, 0.4) is 0 Å². The molecule has 130 valence electrons. The summed E-state index contributed by atoms with van der Waals surface area (Å²) in [6.45, 7) is 16.3. The van der Waals surface area contributed by atoms with Crippen LogP contribution in [0.1, 0.15) is 66.4 Å². The molecule has 0 spiro atoms. The lowest BCUT2D eigenvalue weighted by atomic mass is 9.57. The molecule has 3 atom stereocenters. The second-order valence-electron chi connectivity index (χ2n) is 9.07. The molecule has 0 radical (unpaired) electrons. The maximum Gasteiger partial charge on any atom is 0.0667 e. The van der Waals surface area contributed by atoms with E-state index in [2.05, 4.69) is 78.0 Å². The Morgan fingerprint density at radius 2 is 1.61 bits per heavy atom. The summed E-state index contributed by atoms with van der Waals surface area (Å²) >= 11 is 0. The Bertz CT molecular complexity index is 515. The fraction of sp³-hybridized carbons (Fsp3) is 0.714. The van der Waals surface area contributed by atoms with Crippen LogP contribution in [0.25, 0.3) is 0 Å². The van der Waals surface area contributed by atoms with Gasteiger partial charge in [0.2, 0.25) is 0 Å². The second-order valence-corrected chi connectivity index (χ2v) is 9.07. The Hall–Kier alpha value is -1.02. The average Bonchev–Trinajstić information content (AvgIpc) is 2.42. The average molecular weight is 318 g/mol. The Kier molecular flexibility index (Phi) is 5.15. The van der Waals surface area contributed by atoms with Crippen LogP contribution in [0.5, 0.6) is 0 Å². The van der Waals surface area contributed by atoms with Gasteiger partial charge in [0.15, 0.2) is 0 Å². The van der Waals surface area contributed by atoms with Gasteiger partial charge in [-0.05, 0) is 40.9 Å². The first kappa shape index (κ1) is 18.3. The summed E-state index contributed by atoms with van der Waals surface area (Å²) in [6.07, 6.45) is 1.44. The van der Waals surface area contributed by atoms with E-state index < -0.39 is 0 Å². The minimum atomic E-state index is 0.206. The molecular formula is C21H35NO. The zero-order chi connectivity index (χ0) is 17.4. The predicted octanol–water partition coefficient (Wildman–Crippen LogP) is 5.70. The van der Waals surface area contributed by atoms with E-state index in [0.717, 1.165) is 6.42 Å². The van der Waals surface area contributed by atoms with E-state index in [1.807, 2.05) is 7.11 Å². The standard InChI is InChI=1S/C21H35NO/c1-14(2)16-9-11-17(12-10-16)22-18-15(3)19(23-8)21(6,7)13-20(18,4)5/h9-12,14-15,18-19,22H,13H2,1-8H3. The van der Waals surface area contributed by atoms with Crippen molar-refractivity contribution in [3.8, 4) is 0 Å². The summed E-state index contributed by atoms with van der Waals surface area (Å²) in [7, 11) is 1.86. The van der Waals surface area contributed by atoms with Crippen molar-refractivity contribution in [1.82, 2.24) is 0 Å². The van der Waals surface area contributed by atoms with E-state index in [0.29, 0.717) is 17.9 Å².